The van der Waals surface area contributed by atoms with Crippen LogP contribution in [0.3, 0.4) is 0 Å². The number of fused-ring (bicyclic) bond motifs is 5. The minimum absolute atomic E-state index is 0.0817. The van der Waals surface area contributed by atoms with Crippen LogP contribution < -0.4 is 4.90 Å². The molecule has 0 radical (unpaired) electrons. The number of hydrogen-bond donors (Lipinski definition) is 0. The van der Waals surface area contributed by atoms with Gasteiger partial charge in [0.2, 0.25) is 5.91 Å². The number of amides is 1. The van der Waals surface area contributed by atoms with Crippen LogP contribution in [-0.4, -0.2) is 5.91 Å². The van der Waals surface area contributed by atoms with E-state index in [4.69, 9.17) is 0 Å². The summed E-state index contributed by atoms with van der Waals surface area (Å²) in [6.07, 6.45) is 5.88. The summed E-state index contributed by atoms with van der Waals surface area (Å²) in [5, 5.41) is 2.41. The molecule has 3 aromatic rings. The van der Waals surface area contributed by atoms with Crippen molar-refractivity contribution in [3.05, 3.63) is 89.8 Å². The number of carbonyl (C=O) groups is 1. The van der Waals surface area contributed by atoms with Gasteiger partial charge in [-0.05, 0) is 52.4 Å². The Kier molecular flexibility index (Phi) is 4.04. The van der Waals surface area contributed by atoms with E-state index in [2.05, 4.69) is 48.6 Å². The van der Waals surface area contributed by atoms with Gasteiger partial charge in [-0.3, -0.25) is 4.79 Å². The van der Waals surface area contributed by atoms with Gasteiger partial charge in [0, 0.05) is 18.0 Å². The van der Waals surface area contributed by atoms with Crippen molar-refractivity contribution in [2.24, 2.45) is 5.92 Å². The Hall–Kier alpha value is -2.94. The van der Waals surface area contributed by atoms with Crippen molar-refractivity contribution in [3.8, 4) is 0 Å². The first-order valence-electron chi connectivity index (χ1n) is 9.95. The van der Waals surface area contributed by atoms with E-state index in [0.717, 1.165) is 17.7 Å². The van der Waals surface area contributed by atoms with Crippen LogP contribution in [0.2, 0.25) is 0 Å². The minimum Gasteiger partial charge on any atom is -0.304 e. The third kappa shape index (κ3) is 2.50. The average Bonchev–Trinajstić information content (AvgIpc) is 3.22. The molecule has 0 saturated carbocycles. The van der Waals surface area contributed by atoms with E-state index < -0.39 is 0 Å². The Morgan fingerprint density at radius 1 is 1.07 bits per heavy atom. The van der Waals surface area contributed by atoms with Gasteiger partial charge in [-0.1, -0.05) is 61.5 Å². The molecule has 1 aliphatic heterocycles. The van der Waals surface area contributed by atoms with Crippen LogP contribution in [0, 0.1) is 11.7 Å². The lowest BCUT2D eigenvalue weighted by Crippen LogP contribution is -2.43. The largest absolute Gasteiger partial charge is 0.304 e. The van der Waals surface area contributed by atoms with Gasteiger partial charge in [0.25, 0.3) is 0 Å². The van der Waals surface area contributed by atoms with E-state index >= 15 is 0 Å². The monoisotopic (exact) mass is 371 g/mol. The van der Waals surface area contributed by atoms with E-state index in [-0.39, 0.29) is 29.6 Å². The average molecular weight is 371 g/mol. The molecule has 2 aliphatic rings. The van der Waals surface area contributed by atoms with Crippen molar-refractivity contribution in [2.75, 3.05) is 4.90 Å². The second kappa shape index (κ2) is 6.59. The maximum Gasteiger partial charge on any atom is 0.227 e. The highest BCUT2D eigenvalue weighted by atomic mass is 19.1. The van der Waals surface area contributed by atoms with Crippen LogP contribution in [0.5, 0.6) is 0 Å². The molecule has 1 amide bonds. The lowest BCUT2D eigenvalue weighted by molar-refractivity contribution is -0.119. The zero-order valence-corrected chi connectivity index (χ0v) is 15.8. The Morgan fingerprint density at radius 2 is 1.86 bits per heavy atom. The van der Waals surface area contributed by atoms with Crippen LogP contribution in [-0.2, 0) is 4.79 Å². The molecule has 0 fully saturated rings. The lowest BCUT2D eigenvalue weighted by Gasteiger charge is -2.45. The van der Waals surface area contributed by atoms with Crippen LogP contribution in [0.25, 0.3) is 10.8 Å². The number of rotatable bonds is 2. The molecule has 0 spiro atoms. The van der Waals surface area contributed by atoms with Crippen molar-refractivity contribution < 1.29 is 9.18 Å². The molecule has 1 heterocycles. The van der Waals surface area contributed by atoms with Gasteiger partial charge in [0.15, 0.2) is 0 Å². The molecule has 3 atom stereocenters. The first-order chi connectivity index (χ1) is 13.7. The van der Waals surface area contributed by atoms with Gasteiger partial charge in [0.1, 0.15) is 5.82 Å². The van der Waals surface area contributed by atoms with E-state index in [0.29, 0.717) is 6.42 Å². The normalized spacial score (nSPS) is 22.9. The van der Waals surface area contributed by atoms with Crippen molar-refractivity contribution in [3.63, 3.8) is 0 Å². The summed E-state index contributed by atoms with van der Waals surface area (Å²) in [6.45, 7) is 1.91. The van der Waals surface area contributed by atoms with Crippen molar-refractivity contribution >= 4 is 22.4 Å². The van der Waals surface area contributed by atoms with Gasteiger partial charge in [-0.15, -0.1) is 0 Å². The molecule has 5 rings (SSSR count). The van der Waals surface area contributed by atoms with Gasteiger partial charge < -0.3 is 4.90 Å². The van der Waals surface area contributed by atoms with Crippen LogP contribution >= 0.6 is 0 Å². The first kappa shape index (κ1) is 17.2. The fraction of sp³-hybridized carbons (Fsp3) is 0.240. The Labute approximate surface area is 164 Å². The molecule has 3 aromatic carbocycles. The number of nitrogens with zero attached hydrogens (tertiary/aromatic N) is 1. The third-order valence-corrected chi connectivity index (χ3v) is 6.22. The molecule has 1 aliphatic carbocycles. The number of benzene rings is 3. The molecule has 0 N–H and O–H groups in total. The molecule has 0 saturated heterocycles. The number of hydrogen-bond acceptors (Lipinski definition) is 1. The van der Waals surface area contributed by atoms with Crippen LogP contribution in [0.15, 0.2) is 72.8 Å². The summed E-state index contributed by atoms with van der Waals surface area (Å²) in [5.74, 6) is 0.382. The van der Waals surface area contributed by atoms with E-state index in [9.17, 15) is 9.18 Å². The maximum absolute atomic E-state index is 13.6. The first-order valence-corrected chi connectivity index (χ1v) is 9.95. The van der Waals surface area contributed by atoms with Gasteiger partial charge in [-0.25, -0.2) is 4.39 Å². The quantitative estimate of drug-likeness (QED) is 0.496. The third-order valence-electron chi connectivity index (χ3n) is 6.22. The predicted molar refractivity (Wildman–Crippen MR) is 111 cm³/mol. The summed E-state index contributed by atoms with van der Waals surface area (Å²) in [7, 11) is 0. The van der Waals surface area contributed by atoms with Crippen molar-refractivity contribution in [2.45, 2.75) is 31.7 Å². The SMILES string of the molecule is CCC(=O)N1c2ccc3ccccc3c2[C@@H]2C=CC[C@H]2[C@@H]1c1ccc(F)cc1. The second-order valence-electron chi connectivity index (χ2n) is 7.69. The minimum atomic E-state index is -0.250. The van der Waals surface area contributed by atoms with Crippen molar-refractivity contribution in [1.29, 1.82) is 0 Å². The molecule has 3 heteroatoms. The number of halogens is 1. The maximum atomic E-state index is 13.6. The van der Waals surface area contributed by atoms with Crippen LogP contribution in [0.1, 0.15) is 42.9 Å². The Bertz CT molecular complexity index is 1090. The van der Waals surface area contributed by atoms with E-state index in [1.165, 1.54) is 28.5 Å². The lowest BCUT2D eigenvalue weighted by atomic mass is 9.74. The smallest absolute Gasteiger partial charge is 0.227 e. The zero-order valence-electron chi connectivity index (χ0n) is 15.8. The zero-order chi connectivity index (χ0) is 19.3. The Balaban J connectivity index is 1.78. The summed E-state index contributed by atoms with van der Waals surface area (Å²) in [5.41, 5.74) is 3.24. The van der Waals surface area contributed by atoms with Gasteiger partial charge >= 0.3 is 0 Å². The fourth-order valence-electron chi connectivity index (χ4n) is 5.01. The highest BCUT2D eigenvalue weighted by Gasteiger charge is 2.44. The molecule has 0 bridgehead atoms. The molecule has 2 nitrogen and oxygen atoms in total. The summed E-state index contributed by atoms with van der Waals surface area (Å²) in [6, 6.07) is 19.2. The highest BCUT2D eigenvalue weighted by Crippen LogP contribution is 2.54. The summed E-state index contributed by atoms with van der Waals surface area (Å²) in [4.78, 5) is 15.1. The number of anilines is 1. The predicted octanol–water partition coefficient (Wildman–Crippen LogP) is 6.14. The summed E-state index contributed by atoms with van der Waals surface area (Å²) < 4.78 is 13.6. The fourth-order valence-corrected chi connectivity index (χ4v) is 5.01. The van der Waals surface area contributed by atoms with E-state index in [1.807, 2.05) is 24.0 Å². The van der Waals surface area contributed by atoms with Crippen LogP contribution in [0.4, 0.5) is 10.1 Å². The van der Waals surface area contributed by atoms with Crippen molar-refractivity contribution in [1.82, 2.24) is 0 Å². The number of carbonyl (C=O) groups excluding carboxylic acids is 1. The molecular weight excluding hydrogens is 349 g/mol. The Morgan fingerprint density at radius 3 is 2.64 bits per heavy atom. The van der Waals surface area contributed by atoms with Gasteiger partial charge in [0.05, 0.1) is 6.04 Å². The number of allylic oxidation sites excluding steroid dienone is 2. The molecule has 0 unspecified atom stereocenters. The molecule has 28 heavy (non-hydrogen) atoms. The molecule has 140 valence electrons. The van der Waals surface area contributed by atoms with Gasteiger partial charge in [-0.2, -0.15) is 0 Å². The standard InChI is InChI=1S/C25H22FNO/c1-2-23(28)27-22-15-12-16-6-3-4-7-19(16)24(22)20-8-5-9-21(20)25(27)17-10-13-18(26)14-11-17/h3-8,10-15,20-21,25H,2,9H2,1H3/t20-,21-,25+/m1/s1. The topological polar surface area (TPSA) is 20.3 Å². The van der Waals surface area contributed by atoms with E-state index in [1.54, 1.807) is 0 Å². The molecule has 0 aromatic heterocycles. The second-order valence-corrected chi connectivity index (χ2v) is 7.69. The highest BCUT2D eigenvalue weighted by molar-refractivity contribution is 6.01. The summed E-state index contributed by atoms with van der Waals surface area (Å²) >= 11 is 0. The molecular formula is C25H22FNO.